The Morgan fingerprint density at radius 1 is 1.38 bits per heavy atom. The Balaban J connectivity index is 2.20. The van der Waals surface area contributed by atoms with Crippen molar-refractivity contribution < 1.29 is 0 Å². The molecule has 0 saturated heterocycles. The van der Waals surface area contributed by atoms with Crippen LogP contribution in [0, 0.1) is 3.57 Å². The van der Waals surface area contributed by atoms with E-state index in [0.717, 1.165) is 24.2 Å². The molecule has 0 N–H and O–H groups in total. The van der Waals surface area contributed by atoms with E-state index < -0.39 is 0 Å². The number of imidazole rings is 1. The number of halogens is 2. The predicted octanol–water partition coefficient (Wildman–Crippen LogP) is 5.83. The van der Waals surface area contributed by atoms with E-state index in [1.54, 1.807) is 11.3 Å². The van der Waals surface area contributed by atoms with Crippen LogP contribution < -0.4 is 0 Å². The van der Waals surface area contributed by atoms with Gasteiger partial charge in [0.2, 0.25) is 0 Å². The number of rotatable bonds is 5. The molecule has 3 rings (SSSR count). The molecule has 5 heteroatoms. The number of aromatic nitrogens is 2. The molecule has 0 amide bonds. The fraction of sp³-hybridized carbons (Fsp3) is 0.312. The molecule has 21 heavy (non-hydrogen) atoms. The van der Waals surface area contributed by atoms with E-state index in [1.807, 2.05) is 0 Å². The van der Waals surface area contributed by atoms with Crippen molar-refractivity contribution in [3.8, 4) is 0 Å². The topological polar surface area (TPSA) is 17.8 Å². The third-order valence-electron chi connectivity index (χ3n) is 3.59. The molecule has 0 aliphatic heterocycles. The summed E-state index contributed by atoms with van der Waals surface area (Å²) in [5, 5.41) is 2.14. The number of thiophene rings is 1. The standard InChI is InChI=1S/C16H16ClIN2S/c1-2-4-14(15-5-3-8-21-15)20-13-7-6-11(18)9-12(13)19-16(20)10-17/h3,5-9,14H,2,4,10H2,1H3. The summed E-state index contributed by atoms with van der Waals surface area (Å²) in [6.45, 7) is 2.23. The third kappa shape index (κ3) is 2.98. The van der Waals surface area contributed by atoms with Gasteiger partial charge < -0.3 is 4.57 Å². The van der Waals surface area contributed by atoms with Gasteiger partial charge in [-0.1, -0.05) is 19.4 Å². The number of benzene rings is 1. The maximum absolute atomic E-state index is 6.17. The summed E-state index contributed by atoms with van der Waals surface area (Å²) in [7, 11) is 0. The van der Waals surface area contributed by atoms with Gasteiger partial charge in [0, 0.05) is 8.45 Å². The molecule has 0 fully saturated rings. The molecule has 1 unspecified atom stereocenters. The van der Waals surface area contributed by atoms with Gasteiger partial charge in [0.25, 0.3) is 0 Å². The summed E-state index contributed by atoms with van der Waals surface area (Å²) in [5.74, 6) is 1.40. The average molecular weight is 431 g/mol. The third-order valence-corrected chi connectivity index (χ3v) is 5.47. The Morgan fingerprint density at radius 2 is 2.24 bits per heavy atom. The largest absolute Gasteiger partial charge is 0.319 e. The van der Waals surface area contributed by atoms with Crippen LogP contribution in [0.15, 0.2) is 35.7 Å². The molecule has 0 bridgehead atoms. The van der Waals surface area contributed by atoms with Crippen molar-refractivity contribution in [3.63, 3.8) is 0 Å². The molecule has 2 heterocycles. The van der Waals surface area contributed by atoms with Gasteiger partial charge in [-0.2, -0.15) is 0 Å². The quantitative estimate of drug-likeness (QED) is 0.368. The van der Waals surface area contributed by atoms with Crippen molar-refractivity contribution in [3.05, 3.63) is 50.0 Å². The SMILES string of the molecule is CCCC(c1cccs1)n1c(CCl)nc2cc(I)ccc21. The summed E-state index contributed by atoms with van der Waals surface area (Å²) >= 11 is 10.3. The van der Waals surface area contributed by atoms with Gasteiger partial charge in [-0.25, -0.2) is 4.98 Å². The van der Waals surface area contributed by atoms with Gasteiger partial charge in [-0.15, -0.1) is 22.9 Å². The summed E-state index contributed by atoms with van der Waals surface area (Å²) in [6.07, 6.45) is 2.23. The van der Waals surface area contributed by atoms with Crippen LogP contribution in [-0.2, 0) is 5.88 Å². The van der Waals surface area contributed by atoms with Crippen LogP contribution in [0.2, 0.25) is 0 Å². The fourth-order valence-corrected chi connectivity index (χ4v) is 4.23. The molecule has 0 aliphatic rings. The van der Waals surface area contributed by atoms with Gasteiger partial charge in [-0.3, -0.25) is 0 Å². The Kier molecular flexibility index (Phi) is 4.86. The maximum atomic E-state index is 6.17. The van der Waals surface area contributed by atoms with E-state index in [0.29, 0.717) is 11.9 Å². The molecule has 0 saturated carbocycles. The number of alkyl halides is 1. The van der Waals surface area contributed by atoms with Crippen LogP contribution in [0.5, 0.6) is 0 Å². The molecule has 2 aromatic heterocycles. The van der Waals surface area contributed by atoms with Crippen molar-refractivity contribution in [2.75, 3.05) is 0 Å². The second-order valence-corrected chi connectivity index (χ2v) is 7.48. The normalized spacial score (nSPS) is 12.9. The average Bonchev–Trinajstić information content (AvgIpc) is 3.11. The number of hydrogen-bond donors (Lipinski definition) is 0. The van der Waals surface area contributed by atoms with Crippen molar-refractivity contribution in [1.82, 2.24) is 9.55 Å². The van der Waals surface area contributed by atoms with Crippen LogP contribution in [0.1, 0.15) is 36.5 Å². The maximum Gasteiger partial charge on any atom is 0.125 e. The number of fused-ring (bicyclic) bond motifs is 1. The second-order valence-electron chi connectivity index (χ2n) is 4.98. The van der Waals surface area contributed by atoms with Crippen LogP contribution in [0.4, 0.5) is 0 Å². The molecule has 0 radical (unpaired) electrons. The van der Waals surface area contributed by atoms with Crippen molar-refractivity contribution in [2.45, 2.75) is 31.7 Å². The number of hydrogen-bond acceptors (Lipinski definition) is 2. The zero-order chi connectivity index (χ0) is 14.8. The monoisotopic (exact) mass is 430 g/mol. The molecule has 3 aromatic rings. The van der Waals surface area contributed by atoms with Crippen molar-refractivity contribution in [1.29, 1.82) is 0 Å². The molecule has 1 atom stereocenters. The van der Waals surface area contributed by atoms with E-state index >= 15 is 0 Å². The minimum Gasteiger partial charge on any atom is -0.319 e. The van der Waals surface area contributed by atoms with E-state index in [9.17, 15) is 0 Å². The second kappa shape index (κ2) is 6.67. The van der Waals surface area contributed by atoms with Gasteiger partial charge >= 0.3 is 0 Å². The molecule has 0 aliphatic carbocycles. The van der Waals surface area contributed by atoms with E-state index in [2.05, 4.69) is 69.8 Å². The highest BCUT2D eigenvalue weighted by Crippen LogP contribution is 2.33. The predicted molar refractivity (Wildman–Crippen MR) is 99.4 cm³/mol. The lowest BCUT2D eigenvalue weighted by Crippen LogP contribution is -2.12. The summed E-state index contributed by atoms with van der Waals surface area (Å²) in [6, 6.07) is 11.1. The van der Waals surface area contributed by atoms with Crippen LogP contribution in [0.3, 0.4) is 0 Å². The molecular formula is C16H16ClIN2S. The first-order valence-corrected chi connectivity index (χ1v) is 9.49. The lowest BCUT2D eigenvalue weighted by Gasteiger charge is -2.20. The number of nitrogens with zero attached hydrogens (tertiary/aromatic N) is 2. The van der Waals surface area contributed by atoms with Gasteiger partial charge in [0.05, 0.1) is 23.0 Å². The summed E-state index contributed by atoms with van der Waals surface area (Å²) in [4.78, 5) is 6.11. The molecular weight excluding hydrogens is 415 g/mol. The molecule has 0 spiro atoms. The summed E-state index contributed by atoms with van der Waals surface area (Å²) in [5.41, 5.74) is 2.22. The first-order valence-electron chi connectivity index (χ1n) is 7.00. The van der Waals surface area contributed by atoms with E-state index in [4.69, 9.17) is 16.6 Å². The van der Waals surface area contributed by atoms with Crippen molar-refractivity contribution in [2.24, 2.45) is 0 Å². The smallest absolute Gasteiger partial charge is 0.125 e. The van der Waals surface area contributed by atoms with Crippen molar-refractivity contribution >= 4 is 56.6 Å². The van der Waals surface area contributed by atoms with Gasteiger partial charge in [0.1, 0.15) is 5.82 Å². The van der Waals surface area contributed by atoms with Crippen LogP contribution in [-0.4, -0.2) is 9.55 Å². The first-order chi connectivity index (χ1) is 10.2. The molecule has 1 aromatic carbocycles. The Labute approximate surface area is 147 Å². The Morgan fingerprint density at radius 3 is 2.90 bits per heavy atom. The molecule has 2 nitrogen and oxygen atoms in total. The van der Waals surface area contributed by atoms with Crippen LogP contribution in [0.25, 0.3) is 11.0 Å². The highest BCUT2D eigenvalue weighted by Gasteiger charge is 2.20. The zero-order valence-corrected chi connectivity index (χ0v) is 15.5. The van der Waals surface area contributed by atoms with E-state index in [1.165, 1.54) is 14.0 Å². The minimum atomic E-state index is 0.328. The van der Waals surface area contributed by atoms with E-state index in [-0.39, 0.29) is 0 Å². The lowest BCUT2D eigenvalue weighted by molar-refractivity contribution is 0.540. The first kappa shape index (κ1) is 15.3. The lowest BCUT2D eigenvalue weighted by atomic mass is 10.1. The Bertz CT molecular complexity index is 736. The van der Waals surface area contributed by atoms with Gasteiger partial charge in [0.15, 0.2) is 0 Å². The highest BCUT2D eigenvalue weighted by atomic mass is 127. The zero-order valence-electron chi connectivity index (χ0n) is 11.7. The Hall–Kier alpha value is -0.590. The molecule has 110 valence electrons. The summed E-state index contributed by atoms with van der Waals surface area (Å²) < 4.78 is 3.53. The van der Waals surface area contributed by atoms with Gasteiger partial charge in [-0.05, 0) is 58.7 Å². The minimum absolute atomic E-state index is 0.328. The fourth-order valence-electron chi connectivity index (χ4n) is 2.72. The highest BCUT2D eigenvalue weighted by molar-refractivity contribution is 14.1. The van der Waals surface area contributed by atoms with Crippen LogP contribution >= 0.6 is 45.5 Å².